The summed E-state index contributed by atoms with van der Waals surface area (Å²) in [6, 6.07) is 20.0. The van der Waals surface area contributed by atoms with E-state index in [1.165, 1.54) is 28.2 Å². The maximum absolute atomic E-state index is 7.20. The summed E-state index contributed by atoms with van der Waals surface area (Å²) in [4.78, 5) is 2.29. The Morgan fingerprint density at radius 3 is 2.16 bits per heavy atom. The van der Waals surface area contributed by atoms with E-state index in [2.05, 4.69) is 92.3 Å². The SMILES string of the molecule is CC(N(C)C)C1(c2ccccc2)OC2(CCSCC2)c2ccccc21. The molecular formula is C22H27NOS. The van der Waals surface area contributed by atoms with Gasteiger partial charge in [0.25, 0.3) is 0 Å². The topological polar surface area (TPSA) is 12.5 Å². The van der Waals surface area contributed by atoms with Crippen LogP contribution in [-0.2, 0) is 15.9 Å². The molecule has 3 heteroatoms. The van der Waals surface area contributed by atoms with Gasteiger partial charge in [0.2, 0.25) is 0 Å². The van der Waals surface area contributed by atoms with Gasteiger partial charge in [-0.1, -0.05) is 54.6 Å². The highest BCUT2D eigenvalue weighted by Gasteiger charge is 2.57. The second-order valence-electron chi connectivity index (χ2n) is 7.50. The summed E-state index contributed by atoms with van der Waals surface area (Å²) in [5.74, 6) is 2.35. The van der Waals surface area contributed by atoms with E-state index in [0.29, 0.717) is 0 Å². The van der Waals surface area contributed by atoms with Crippen LogP contribution in [0, 0.1) is 0 Å². The highest BCUT2D eigenvalue weighted by Crippen LogP contribution is 2.57. The van der Waals surface area contributed by atoms with Crippen LogP contribution in [0.25, 0.3) is 0 Å². The normalized spacial score (nSPS) is 25.9. The molecule has 2 aliphatic heterocycles. The van der Waals surface area contributed by atoms with Crippen LogP contribution < -0.4 is 0 Å². The van der Waals surface area contributed by atoms with E-state index in [9.17, 15) is 0 Å². The van der Waals surface area contributed by atoms with E-state index < -0.39 is 5.60 Å². The lowest BCUT2D eigenvalue weighted by molar-refractivity contribution is -0.152. The third kappa shape index (κ3) is 2.56. The zero-order valence-electron chi connectivity index (χ0n) is 15.4. The number of thioether (sulfide) groups is 1. The van der Waals surface area contributed by atoms with Crippen LogP contribution in [0.4, 0.5) is 0 Å². The maximum atomic E-state index is 7.20. The molecule has 2 aliphatic rings. The first-order valence-electron chi connectivity index (χ1n) is 9.20. The number of hydrogen-bond acceptors (Lipinski definition) is 3. The van der Waals surface area contributed by atoms with Crippen LogP contribution in [0.3, 0.4) is 0 Å². The fourth-order valence-corrected chi connectivity index (χ4v) is 5.66. The monoisotopic (exact) mass is 353 g/mol. The van der Waals surface area contributed by atoms with E-state index in [4.69, 9.17) is 4.74 Å². The minimum atomic E-state index is -0.413. The van der Waals surface area contributed by atoms with Gasteiger partial charge in [-0.15, -0.1) is 0 Å². The second-order valence-corrected chi connectivity index (χ2v) is 8.72. The van der Waals surface area contributed by atoms with Crippen LogP contribution in [0.15, 0.2) is 54.6 Å². The molecule has 2 aromatic rings. The minimum Gasteiger partial charge on any atom is -0.353 e. The molecule has 0 aromatic heterocycles. The van der Waals surface area contributed by atoms with Crippen molar-refractivity contribution in [3.63, 3.8) is 0 Å². The van der Waals surface area contributed by atoms with E-state index in [0.717, 1.165) is 12.8 Å². The summed E-state index contributed by atoms with van der Waals surface area (Å²) >= 11 is 2.05. The van der Waals surface area contributed by atoms with Crippen LogP contribution in [0.5, 0.6) is 0 Å². The molecule has 0 amide bonds. The van der Waals surface area contributed by atoms with Crippen molar-refractivity contribution >= 4 is 11.8 Å². The van der Waals surface area contributed by atoms with Gasteiger partial charge in [0, 0.05) is 6.04 Å². The average molecular weight is 354 g/mol. The Morgan fingerprint density at radius 2 is 1.52 bits per heavy atom. The quantitative estimate of drug-likeness (QED) is 0.798. The van der Waals surface area contributed by atoms with Crippen LogP contribution in [0.1, 0.15) is 36.5 Å². The van der Waals surface area contributed by atoms with Crippen molar-refractivity contribution in [1.82, 2.24) is 4.90 Å². The molecule has 0 radical (unpaired) electrons. The predicted molar refractivity (Wildman–Crippen MR) is 106 cm³/mol. The number of benzene rings is 2. The Bertz CT molecular complexity index is 739. The molecule has 2 atom stereocenters. The zero-order chi connectivity index (χ0) is 17.5. The van der Waals surface area contributed by atoms with Crippen molar-refractivity contribution in [2.45, 2.75) is 37.0 Å². The van der Waals surface area contributed by atoms with Gasteiger partial charge >= 0.3 is 0 Å². The lowest BCUT2D eigenvalue weighted by Crippen LogP contribution is -2.49. The summed E-state index contributed by atoms with van der Waals surface area (Å²) in [5, 5.41) is 0. The van der Waals surface area contributed by atoms with Gasteiger partial charge in [-0.05, 0) is 62.1 Å². The Kier molecular flexibility index (Phi) is 4.43. The van der Waals surface area contributed by atoms with Crippen molar-refractivity contribution in [3.8, 4) is 0 Å². The van der Waals surface area contributed by atoms with Gasteiger partial charge in [-0.3, -0.25) is 0 Å². The van der Waals surface area contributed by atoms with Crippen molar-refractivity contribution < 1.29 is 4.74 Å². The molecule has 2 aromatic carbocycles. The molecule has 1 saturated heterocycles. The number of ether oxygens (including phenoxy) is 1. The second kappa shape index (κ2) is 6.46. The van der Waals surface area contributed by atoms with Crippen LogP contribution in [0.2, 0.25) is 0 Å². The first-order valence-corrected chi connectivity index (χ1v) is 10.4. The largest absolute Gasteiger partial charge is 0.353 e. The molecule has 1 fully saturated rings. The van der Waals surface area contributed by atoms with E-state index in [1.54, 1.807) is 0 Å². The number of nitrogens with zero attached hydrogens (tertiary/aromatic N) is 1. The fourth-order valence-electron chi connectivity index (χ4n) is 4.51. The average Bonchev–Trinajstić information content (AvgIpc) is 2.94. The Labute approximate surface area is 155 Å². The first kappa shape index (κ1) is 17.1. The van der Waals surface area contributed by atoms with E-state index in [1.807, 2.05) is 0 Å². The highest BCUT2D eigenvalue weighted by molar-refractivity contribution is 7.99. The highest BCUT2D eigenvalue weighted by atomic mass is 32.2. The van der Waals surface area contributed by atoms with Crippen LogP contribution in [-0.4, -0.2) is 36.5 Å². The molecular weight excluding hydrogens is 326 g/mol. The smallest absolute Gasteiger partial charge is 0.135 e. The molecule has 2 heterocycles. The summed E-state index contributed by atoms with van der Waals surface area (Å²) < 4.78 is 7.20. The molecule has 132 valence electrons. The minimum absolute atomic E-state index is 0.137. The molecule has 2 unspecified atom stereocenters. The van der Waals surface area contributed by atoms with Crippen LogP contribution >= 0.6 is 11.8 Å². The van der Waals surface area contributed by atoms with Gasteiger partial charge in [0.05, 0.1) is 5.60 Å². The molecule has 1 spiro atoms. The van der Waals surface area contributed by atoms with Gasteiger partial charge in [-0.25, -0.2) is 0 Å². The van der Waals surface area contributed by atoms with Gasteiger partial charge in [0.1, 0.15) is 5.60 Å². The first-order chi connectivity index (χ1) is 12.1. The molecule has 2 nitrogen and oxygen atoms in total. The summed E-state index contributed by atoms with van der Waals surface area (Å²) in [7, 11) is 4.31. The summed E-state index contributed by atoms with van der Waals surface area (Å²) in [5.41, 5.74) is 3.48. The Balaban J connectivity index is 1.96. The molecule has 4 rings (SSSR count). The van der Waals surface area contributed by atoms with Gasteiger partial charge < -0.3 is 9.64 Å². The molecule has 0 bridgehead atoms. The Morgan fingerprint density at radius 1 is 0.920 bits per heavy atom. The lowest BCUT2D eigenvalue weighted by atomic mass is 9.78. The predicted octanol–water partition coefficient (Wildman–Crippen LogP) is 4.63. The van der Waals surface area contributed by atoms with Crippen molar-refractivity contribution in [2.24, 2.45) is 0 Å². The lowest BCUT2D eigenvalue weighted by Gasteiger charge is -2.43. The summed E-state index contributed by atoms with van der Waals surface area (Å²) in [6.45, 7) is 2.29. The van der Waals surface area contributed by atoms with E-state index in [-0.39, 0.29) is 11.6 Å². The van der Waals surface area contributed by atoms with Gasteiger partial charge in [0.15, 0.2) is 0 Å². The third-order valence-electron chi connectivity index (χ3n) is 6.04. The van der Waals surface area contributed by atoms with Gasteiger partial charge in [-0.2, -0.15) is 11.8 Å². The number of fused-ring (bicyclic) bond motifs is 2. The third-order valence-corrected chi connectivity index (χ3v) is 7.03. The standard InChI is InChI=1S/C22H27NOS/c1-17(23(2)3)22(18-9-5-4-6-10-18)20-12-8-7-11-19(20)21(24-22)13-15-25-16-14-21/h4-12,17H,13-16H2,1-3H3. The number of likely N-dealkylation sites (N-methyl/N-ethyl adjacent to an activating group) is 1. The number of rotatable bonds is 3. The fraction of sp³-hybridized carbons (Fsp3) is 0.455. The maximum Gasteiger partial charge on any atom is 0.135 e. The van der Waals surface area contributed by atoms with E-state index >= 15 is 0 Å². The molecule has 25 heavy (non-hydrogen) atoms. The summed E-state index contributed by atoms with van der Waals surface area (Å²) in [6.07, 6.45) is 2.20. The molecule has 0 saturated carbocycles. The van der Waals surface area contributed by atoms with Crippen molar-refractivity contribution in [3.05, 3.63) is 71.3 Å². The number of hydrogen-bond donors (Lipinski definition) is 0. The van der Waals surface area contributed by atoms with Crippen molar-refractivity contribution in [2.75, 3.05) is 25.6 Å². The molecule has 0 aliphatic carbocycles. The van der Waals surface area contributed by atoms with Crippen molar-refractivity contribution in [1.29, 1.82) is 0 Å². The molecule has 0 N–H and O–H groups in total. The Hall–Kier alpha value is -1.29. The zero-order valence-corrected chi connectivity index (χ0v) is 16.2.